The average molecular weight is 346 g/mol. The van der Waals surface area contributed by atoms with Crippen molar-refractivity contribution in [3.05, 3.63) is 27.2 Å². The van der Waals surface area contributed by atoms with Gasteiger partial charge in [-0.2, -0.15) is 5.26 Å². The van der Waals surface area contributed by atoms with Crippen molar-refractivity contribution in [2.24, 2.45) is 11.8 Å². The van der Waals surface area contributed by atoms with Crippen LogP contribution in [0, 0.1) is 30.1 Å². The zero-order valence-electron chi connectivity index (χ0n) is 14.4. The smallest absolute Gasteiger partial charge is 0.307 e. The van der Waals surface area contributed by atoms with Crippen LogP contribution in [0.2, 0.25) is 0 Å². The largest absolute Gasteiger partial charge is 0.481 e. The average Bonchev–Trinajstić information content (AvgIpc) is 2.83. The number of carboxylic acids is 1. The summed E-state index contributed by atoms with van der Waals surface area (Å²) in [4.78, 5) is 25.3. The fraction of sp³-hybridized carbons (Fsp3) is 0.500. The van der Waals surface area contributed by atoms with E-state index >= 15 is 0 Å². The van der Waals surface area contributed by atoms with Gasteiger partial charge in [-0.05, 0) is 45.6 Å². The summed E-state index contributed by atoms with van der Waals surface area (Å²) in [7, 11) is 0. The molecule has 0 saturated carbocycles. The predicted molar refractivity (Wildman–Crippen MR) is 94.0 cm³/mol. The Labute approximate surface area is 146 Å². The van der Waals surface area contributed by atoms with Gasteiger partial charge < -0.3 is 10.4 Å². The van der Waals surface area contributed by atoms with Crippen molar-refractivity contribution >= 4 is 28.2 Å². The summed E-state index contributed by atoms with van der Waals surface area (Å²) in [6.07, 6.45) is 1.57. The Morgan fingerprint density at radius 3 is 2.33 bits per heavy atom. The standard InChI is InChI=1S/C18H22N2O3S/c1-5-12-11(4)24-17(15(12)8-19)20-16(21)13-6-9(2)10(3)7-14(13)18(22)23/h13-14H,5-7H2,1-4H3,(H,20,21)(H,22,23)/t13-,14-/m0/s1. The summed E-state index contributed by atoms with van der Waals surface area (Å²) in [5.74, 6) is -2.58. The predicted octanol–water partition coefficient (Wildman–Crippen LogP) is 3.88. The molecule has 1 aliphatic rings. The van der Waals surface area contributed by atoms with E-state index < -0.39 is 17.8 Å². The van der Waals surface area contributed by atoms with Gasteiger partial charge in [-0.15, -0.1) is 11.3 Å². The summed E-state index contributed by atoms with van der Waals surface area (Å²) >= 11 is 1.38. The number of amides is 1. The molecule has 1 amide bonds. The van der Waals surface area contributed by atoms with E-state index in [2.05, 4.69) is 11.4 Å². The minimum Gasteiger partial charge on any atom is -0.481 e. The minimum atomic E-state index is -0.945. The van der Waals surface area contributed by atoms with Crippen LogP contribution in [0.25, 0.3) is 0 Å². The number of thiophene rings is 1. The van der Waals surface area contributed by atoms with Crippen LogP contribution in [0.4, 0.5) is 5.00 Å². The molecule has 1 aromatic heterocycles. The van der Waals surface area contributed by atoms with Gasteiger partial charge in [0.1, 0.15) is 11.1 Å². The van der Waals surface area contributed by atoms with Crippen molar-refractivity contribution in [1.29, 1.82) is 5.26 Å². The molecule has 0 fully saturated rings. The zero-order valence-corrected chi connectivity index (χ0v) is 15.2. The van der Waals surface area contributed by atoms with Crippen molar-refractivity contribution in [1.82, 2.24) is 0 Å². The first-order valence-corrected chi connectivity index (χ1v) is 8.83. The first kappa shape index (κ1) is 18.2. The summed E-state index contributed by atoms with van der Waals surface area (Å²) in [5.41, 5.74) is 3.57. The van der Waals surface area contributed by atoms with Crippen molar-refractivity contribution in [2.75, 3.05) is 5.32 Å². The number of nitriles is 1. The Morgan fingerprint density at radius 2 is 1.83 bits per heavy atom. The lowest BCUT2D eigenvalue weighted by Gasteiger charge is -2.29. The zero-order chi connectivity index (χ0) is 18.0. The fourth-order valence-electron chi connectivity index (χ4n) is 3.24. The maximum absolute atomic E-state index is 12.7. The molecule has 0 bridgehead atoms. The number of allylic oxidation sites excluding steroid dienone is 2. The summed E-state index contributed by atoms with van der Waals surface area (Å²) in [6, 6.07) is 2.16. The minimum absolute atomic E-state index is 0.311. The molecule has 0 aromatic carbocycles. The molecular weight excluding hydrogens is 324 g/mol. The molecule has 1 aromatic rings. The van der Waals surface area contributed by atoms with E-state index in [1.54, 1.807) is 0 Å². The van der Waals surface area contributed by atoms with Crippen LogP contribution < -0.4 is 5.32 Å². The molecule has 5 nitrogen and oxygen atoms in total. The third kappa shape index (κ3) is 3.36. The molecule has 0 unspecified atom stereocenters. The number of nitrogens with zero attached hydrogens (tertiary/aromatic N) is 1. The number of aliphatic carboxylic acids is 1. The number of hydrogen-bond donors (Lipinski definition) is 2. The maximum Gasteiger partial charge on any atom is 0.307 e. The van der Waals surface area contributed by atoms with Gasteiger partial charge in [-0.25, -0.2) is 0 Å². The monoisotopic (exact) mass is 346 g/mol. The molecule has 0 radical (unpaired) electrons. The highest BCUT2D eigenvalue weighted by molar-refractivity contribution is 7.16. The fourth-order valence-corrected chi connectivity index (χ4v) is 4.34. The van der Waals surface area contributed by atoms with E-state index in [1.807, 2.05) is 27.7 Å². The van der Waals surface area contributed by atoms with Crippen molar-refractivity contribution in [3.63, 3.8) is 0 Å². The third-order valence-electron chi connectivity index (χ3n) is 4.83. The third-order valence-corrected chi connectivity index (χ3v) is 5.89. The molecule has 0 saturated heterocycles. The number of carbonyl (C=O) groups is 2. The molecule has 6 heteroatoms. The summed E-state index contributed by atoms with van der Waals surface area (Å²) in [6.45, 7) is 7.76. The van der Waals surface area contributed by atoms with Gasteiger partial charge in [0.05, 0.1) is 17.4 Å². The lowest BCUT2D eigenvalue weighted by Crippen LogP contribution is -2.36. The SMILES string of the molecule is CCc1c(C)sc(NC(=O)[C@H]2CC(C)=C(C)C[C@@H]2C(=O)O)c1C#N. The second-order valence-electron chi connectivity index (χ2n) is 6.32. The van der Waals surface area contributed by atoms with Crippen molar-refractivity contribution in [3.8, 4) is 6.07 Å². The number of aryl methyl sites for hydroxylation is 1. The molecule has 2 atom stereocenters. The van der Waals surface area contributed by atoms with Crippen LogP contribution in [0.1, 0.15) is 49.6 Å². The highest BCUT2D eigenvalue weighted by Crippen LogP contribution is 2.37. The van der Waals surface area contributed by atoms with Crippen molar-refractivity contribution in [2.45, 2.75) is 47.0 Å². The van der Waals surface area contributed by atoms with E-state index in [-0.39, 0.29) is 5.91 Å². The number of anilines is 1. The molecule has 24 heavy (non-hydrogen) atoms. The Balaban J connectivity index is 2.29. The van der Waals surface area contributed by atoms with E-state index in [0.29, 0.717) is 23.4 Å². The van der Waals surface area contributed by atoms with Gasteiger partial charge in [0.15, 0.2) is 0 Å². The van der Waals surface area contributed by atoms with Gasteiger partial charge >= 0.3 is 5.97 Å². The number of rotatable bonds is 4. The molecule has 1 aliphatic carbocycles. The maximum atomic E-state index is 12.7. The van der Waals surface area contributed by atoms with Gasteiger partial charge in [-0.3, -0.25) is 9.59 Å². The Bertz CT molecular complexity index is 755. The molecule has 0 aliphatic heterocycles. The van der Waals surface area contributed by atoms with Crippen LogP contribution in [0.5, 0.6) is 0 Å². The first-order valence-electron chi connectivity index (χ1n) is 8.01. The van der Waals surface area contributed by atoms with Gasteiger partial charge in [-0.1, -0.05) is 18.1 Å². The Hall–Kier alpha value is -2.13. The van der Waals surface area contributed by atoms with E-state index in [4.69, 9.17) is 0 Å². The Kier molecular flexibility index (Phi) is 5.45. The number of carboxylic acid groups (broad SMARTS) is 1. The normalized spacial score (nSPS) is 20.6. The quantitative estimate of drug-likeness (QED) is 0.810. The molecule has 2 N–H and O–H groups in total. The lowest BCUT2D eigenvalue weighted by atomic mass is 9.76. The molecule has 1 heterocycles. The topological polar surface area (TPSA) is 90.2 Å². The van der Waals surface area contributed by atoms with E-state index in [0.717, 1.165) is 28.0 Å². The van der Waals surface area contributed by atoms with Crippen molar-refractivity contribution < 1.29 is 14.7 Å². The van der Waals surface area contributed by atoms with Crippen LogP contribution in [0.3, 0.4) is 0 Å². The highest BCUT2D eigenvalue weighted by atomic mass is 32.1. The number of nitrogens with one attached hydrogen (secondary N) is 1. The second kappa shape index (κ2) is 7.18. The molecule has 128 valence electrons. The Morgan fingerprint density at radius 1 is 1.25 bits per heavy atom. The molecular formula is C18H22N2O3S. The van der Waals surface area contributed by atoms with E-state index in [1.165, 1.54) is 11.3 Å². The van der Waals surface area contributed by atoms with Crippen LogP contribution >= 0.6 is 11.3 Å². The van der Waals surface area contributed by atoms with Gasteiger partial charge in [0.25, 0.3) is 0 Å². The second-order valence-corrected chi connectivity index (χ2v) is 7.54. The highest BCUT2D eigenvalue weighted by Gasteiger charge is 2.37. The summed E-state index contributed by atoms with van der Waals surface area (Å²) in [5, 5.41) is 22.2. The first-order chi connectivity index (χ1) is 11.3. The summed E-state index contributed by atoms with van der Waals surface area (Å²) < 4.78 is 0. The van der Waals surface area contributed by atoms with E-state index in [9.17, 15) is 20.0 Å². The van der Waals surface area contributed by atoms with Crippen LogP contribution in [-0.2, 0) is 16.0 Å². The number of hydrogen-bond acceptors (Lipinski definition) is 4. The van der Waals surface area contributed by atoms with Crippen LogP contribution in [-0.4, -0.2) is 17.0 Å². The van der Waals surface area contributed by atoms with Gasteiger partial charge in [0.2, 0.25) is 5.91 Å². The lowest BCUT2D eigenvalue weighted by molar-refractivity contribution is -0.146. The van der Waals surface area contributed by atoms with Crippen LogP contribution in [0.15, 0.2) is 11.1 Å². The number of carbonyl (C=O) groups excluding carboxylic acids is 1. The molecule has 2 rings (SSSR count). The van der Waals surface area contributed by atoms with Gasteiger partial charge in [0, 0.05) is 4.88 Å². The molecule has 0 spiro atoms.